The van der Waals surface area contributed by atoms with Gasteiger partial charge in [-0.2, -0.15) is 0 Å². The van der Waals surface area contributed by atoms with Crippen molar-refractivity contribution in [1.29, 1.82) is 0 Å². The lowest BCUT2D eigenvalue weighted by Crippen LogP contribution is -2.14. The molecule has 0 aromatic carbocycles. The topological polar surface area (TPSA) is 0 Å². The van der Waals surface area contributed by atoms with E-state index in [9.17, 15) is 0 Å². The second kappa shape index (κ2) is 11.9. The van der Waals surface area contributed by atoms with Crippen LogP contribution in [0.5, 0.6) is 0 Å². The van der Waals surface area contributed by atoms with E-state index in [0.717, 1.165) is 23.7 Å². The molecule has 0 nitrogen and oxygen atoms in total. The Morgan fingerprint density at radius 3 is 1.71 bits per heavy atom. The minimum absolute atomic E-state index is 0.892. The Hall–Kier alpha value is -0.520. The maximum absolute atomic E-state index is 2.57. The fourth-order valence-electron chi connectivity index (χ4n) is 5.01. The van der Waals surface area contributed by atoms with E-state index in [2.05, 4.69) is 38.2 Å². The Balaban J connectivity index is 1.52. The van der Waals surface area contributed by atoms with Crippen molar-refractivity contribution in [3.8, 4) is 0 Å². The summed E-state index contributed by atoms with van der Waals surface area (Å²) >= 11 is 0. The van der Waals surface area contributed by atoms with Crippen LogP contribution in [0.25, 0.3) is 0 Å². The highest BCUT2D eigenvalue weighted by Gasteiger charge is 2.20. The van der Waals surface area contributed by atoms with Crippen molar-refractivity contribution in [2.75, 3.05) is 0 Å². The van der Waals surface area contributed by atoms with Gasteiger partial charge in [-0.05, 0) is 82.0 Å². The van der Waals surface area contributed by atoms with Gasteiger partial charge in [-0.3, -0.25) is 0 Å². The van der Waals surface area contributed by atoms with E-state index in [1.54, 1.807) is 0 Å². The number of hydrogen-bond acceptors (Lipinski definition) is 0. The molecule has 0 unspecified atom stereocenters. The van der Waals surface area contributed by atoms with Crippen molar-refractivity contribution >= 4 is 0 Å². The molecule has 2 fully saturated rings. The molecule has 0 radical (unpaired) electrons. The van der Waals surface area contributed by atoms with Gasteiger partial charge in [0, 0.05) is 0 Å². The Morgan fingerprint density at radius 1 is 0.667 bits per heavy atom. The summed E-state index contributed by atoms with van der Waals surface area (Å²) in [6.07, 6.45) is 29.9. The van der Waals surface area contributed by atoms with Gasteiger partial charge in [0.05, 0.1) is 0 Å². The third-order valence-electron chi connectivity index (χ3n) is 6.68. The second-order valence-corrected chi connectivity index (χ2v) is 8.61. The average Bonchev–Trinajstić information content (AvgIpc) is 2.62. The highest BCUT2D eigenvalue weighted by Crippen LogP contribution is 2.35. The Labute approximate surface area is 152 Å². The van der Waals surface area contributed by atoms with E-state index >= 15 is 0 Å². The van der Waals surface area contributed by atoms with E-state index in [1.807, 2.05) is 0 Å². The fourth-order valence-corrected chi connectivity index (χ4v) is 5.01. The van der Waals surface area contributed by atoms with Crippen LogP contribution >= 0.6 is 0 Å². The third-order valence-corrected chi connectivity index (χ3v) is 6.68. The van der Waals surface area contributed by atoms with E-state index in [-0.39, 0.29) is 0 Å². The van der Waals surface area contributed by atoms with Crippen LogP contribution in [0.4, 0.5) is 0 Å². The summed E-state index contributed by atoms with van der Waals surface area (Å²) in [6, 6.07) is 0. The smallest absolute Gasteiger partial charge is 0.0233 e. The summed E-state index contributed by atoms with van der Waals surface area (Å²) < 4.78 is 0. The van der Waals surface area contributed by atoms with Crippen molar-refractivity contribution in [3.05, 3.63) is 24.3 Å². The summed E-state index contributed by atoms with van der Waals surface area (Å²) in [5.41, 5.74) is 0. The zero-order valence-electron chi connectivity index (χ0n) is 16.5. The molecular formula is C24H42. The fraction of sp³-hybridized carbons (Fsp3) is 0.833. The zero-order valence-corrected chi connectivity index (χ0v) is 16.5. The zero-order chi connectivity index (χ0) is 17.0. The van der Waals surface area contributed by atoms with Gasteiger partial charge < -0.3 is 0 Å². The molecule has 2 saturated carbocycles. The SMILES string of the molecule is C/C=C/CCC1CCC(/C=C/CCC2CCC(CCC)CC2)CC1. The Kier molecular flexibility index (Phi) is 9.85. The molecule has 0 amide bonds. The van der Waals surface area contributed by atoms with Gasteiger partial charge in [0.25, 0.3) is 0 Å². The van der Waals surface area contributed by atoms with Crippen molar-refractivity contribution < 1.29 is 0 Å². The standard InChI is InChI=1S/C24H42/c1-3-5-6-10-22-17-19-24(20-18-22)12-8-7-11-23-15-13-21(9-4-2)14-16-23/h3,5,8,12,21-24H,4,6-7,9-11,13-20H2,1-2H3/b5-3+,12-8+. The quantitative estimate of drug-likeness (QED) is 0.375. The van der Waals surface area contributed by atoms with Gasteiger partial charge in [0.1, 0.15) is 0 Å². The first-order valence-corrected chi connectivity index (χ1v) is 11.1. The molecule has 0 spiro atoms. The molecule has 0 aromatic heterocycles. The molecule has 0 aliphatic heterocycles. The van der Waals surface area contributed by atoms with E-state index in [1.165, 1.54) is 89.9 Å². The van der Waals surface area contributed by atoms with Crippen molar-refractivity contribution in [2.45, 2.75) is 104 Å². The molecule has 0 aromatic rings. The highest BCUT2D eigenvalue weighted by atomic mass is 14.3. The first-order chi connectivity index (χ1) is 11.8. The van der Waals surface area contributed by atoms with Crippen LogP contribution in [0.1, 0.15) is 104 Å². The van der Waals surface area contributed by atoms with Crippen LogP contribution in [-0.4, -0.2) is 0 Å². The molecule has 138 valence electrons. The molecule has 24 heavy (non-hydrogen) atoms. The van der Waals surface area contributed by atoms with Gasteiger partial charge in [-0.15, -0.1) is 0 Å². The summed E-state index contributed by atoms with van der Waals surface area (Å²) in [5, 5.41) is 0. The Bertz CT molecular complexity index is 348. The lowest BCUT2D eigenvalue weighted by atomic mass is 9.78. The lowest BCUT2D eigenvalue weighted by molar-refractivity contribution is 0.253. The number of rotatable bonds is 9. The minimum Gasteiger partial charge on any atom is -0.0917 e. The predicted octanol–water partition coefficient (Wildman–Crippen LogP) is 8.09. The number of allylic oxidation sites excluding steroid dienone is 4. The second-order valence-electron chi connectivity index (χ2n) is 8.61. The van der Waals surface area contributed by atoms with Crippen LogP contribution < -0.4 is 0 Å². The molecule has 0 N–H and O–H groups in total. The van der Waals surface area contributed by atoms with Crippen LogP contribution in [0.2, 0.25) is 0 Å². The van der Waals surface area contributed by atoms with Crippen molar-refractivity contribution in [1.82, 2.24) is 0 Å². The molecule has 0 heteroatoms. The van der Waals surface area contributed by atoms with Gasteiger partial charge in [-0.25, -0.2) is 0 Å². The summed E-state index contributed by atoms with van der Waals surface area (Å²) in [4.78, 5) is 0. The van der Waals surface area contributed by atoms with E-state index < -0.39 is 0 Å². The normalized spacial score (nSPS) is 31.9. The molecule has 2 aliphatic carbocycles. The third kappa shape index (κ3) is 7.58. The van der Waals surface area contributed by atoms with E-state index in [0.29, 0.717) is 0 Å². The number of hydrogen-bond donors (Lipinski definition) is 0. The molecule has 0 bridgehead atoms. The summed E-state index contributed by atoms with van der Waals surface area (Å²) in [7, 11) is 0. The predicted molar refractivity (Wildman–Crippen MR) is 108 cm³/mol. The molecule has 2 rings (SSSR count). The van der Waals surface area contributed by atoms with E-state index in [4.69, 9.17) is 0 Å². The largest absolute Gasteiger partial charge is 0.0917 e. The maximum atomic E-state index is 2.57. The molecular weight excluding hydrogens is 288 g/mol. The molecule has 0 heterocycles. The van der Waals surface area contributed by atoms with Crippen molar-refractivity contribution in [3.63, 3.8) is 0 Å². The van der Waals surface area contributed by atoms with Gasteiger partial charge in [-0.1, -0.05) is 69.8 Å². The first kappa shape index (κ1) is 19.8. The first-order valence-electron chi connectivity index (χ1n) is 11.1. The van der Waals surface area contributed by atoms with Gasteiger partial charge in [0.15, 0.2) is 0 Å². The Morgan fingerprint density at radius 2 is 1.17 bits per heavy atom. The molecule has 0 saturated heterocycles. The lowest BCUT2D eigenvalue weighted by Gasteiger charge is -2.28. The van der Waals surface area contributed by atoms with Crippen LogP contribution in [0, 0.1) is 23.7 Å². The van der Waals surface area contributed by atoms with Gasteiger partial charge >= 0.3 is 0 Å². The molecule has 2 aliphatic rings. The van der Waals surface area contributed by atoms with Crippen molar-refractivity contribution in [2.24, 2.45) is 23.7 Å². The highest BCUT2D eigenvalue weighted by molar-refractivity contribution is 4.92. The van der Waals surface area contributed by atoms with Crippen LogP contribution in [0.3, 0.4) is 0 Å². The average molecular weight is 331 g/mol. The maximum Gasteiger partial charge on any atom is -0.0233 e. The van der Waals surface area contributed by atoms with Crippen LogP contribution in [-0.2, 0) is 0 Å². The summed E-state index contributed by atoms with van der Waals surface area (Å²) in [6.45, 7) is 4.48. The van der Waals surface area contributed by atoms with Gasteiger partial charge in [0.2, 0.25) is 0 Å². The summed E-state index contributed by atoms with van der Waals surface area (Å²) in [5.74, 6) is 3.99. The van der Waals surface area contributed by atoms with Crippen LogP contribution in [0.15, 0.2) is 24.3 Å². The monoisotopic (exact) mass is 330 g/mol. The molecule has 0 atom stereocenters. The minimum atomic E-state index is 0.892.